The van der Waals surface area contributed by atoms with Crippen molar-refractivity contribution in [1.29, 1.82) is 0 Å². The molecule has 1 unspecified atom stereocenters. The molecule has 3 nitrogen and oxygen atoms in total. The van der Waals surface area contributed by atoms with Crippen molar-refractivity contribution in [3.05, 3.63) is 0 Å². The molecule has 0 aromatic carbocycles. The van der Waals surface area contributed by atoms with E-state index >= 15 is 0 Å². The van der Waals surface area contributed by atoms with Gasteiger partial charge in [0.2, 0.25) is 0 Å². The third-order valence-corrected chi connectivity index (χ3v) is 2.87. The van der Waals surface area contributed by atoms with Crippen molar-refractivity contribution in [3.8, 4) is 0 Å². The first-order chi connectivity index (χ1) is 6.68. The van der Waals surface area contributed by atoms with Crippen LogP contribution in [-0.2, 0) is 0 Å². The molecule has 1 saturated heterocycles. The predicted octanol–water partition coefficient (Wildman–Crippen LogP) is 0.622. The van der Waals surface area contributed by atoms with Crippen LogP contribution < -0.4 is 5.32 Å². The van der Waals surface area contributed by atoms with Gasteiger partial charge in [-0.05, 0) is 40.5 Å². The van der Waals surface area contributed by atoms with Crippen molar-refractivity contribution < 1.29 is 0 Å². The second-order valence-corrected chi connectivity index (χ2v) is 4.71. The molecule has 0 aliphatic carbocycles. The monoisotopic (exact) mass is 199 g/mol. The Kier molecular flexibility index (Phi) is 5.45. The van der Waals surface area contributed by atoms with Crippen molar-refractivity contribution in [2.24, 2.45) is 0 Å². The van der Waals surface area contributed by atoms with Gasteiger partial charge in [-0.15, -0.1) is 0 Å². The molecular formula is C11H25N3. The first-order valence-corrected chi connectivity index (χ1v) is 5.75. The van der Waals surface area contributed by atoms with Crippen LogP contribution in [-0.4, -0.2) is 63.2 Å². The summed E-state index contributed by atoms with van der Waals surface area (Å²) in [5, 5.41) is 3.58. The van der Waals surface area contributed by atoms with E-state index in [0.717, 1.165) is 12.6 Å². The molecular weight excluding hydrogens is 174 g/mol. The van der Waals surface area contributed by atoms with Gasteiger partial charge in [0, 0.05) is 25.7 Å². The van der Waals surface area contributed by atoms with Gasteiger partial charge in [-0.3, -0.25) is 0 Å². The smallest absolute Gasteiger partial charge is 0.0194 e. The SMILES string of the molecule is CN(C)CCN(C)CC1CCCCN1. The Morgan fingerprint density at radius 1 is 1.14 bits per heavy atom. The van der Waals surface area contributed by atoms with E-state index < -0.39 is 0 Å². The van der Waals surface area contributed by atoms with Crippen LogP contribution in [0.3, 0.4) is 0 Å². The highest BCUT2D eigenvalue weighted by Crippen LogP contribution is 2.07. The second kappa shape index (κ2) is 6.38. The summed E-state index contributed by atoms with van der Waals surface area (Å²) in [6.07, 6.45) is 4.11. The molecule has 0 bridgehead atoms. The summed E-state index contributed by atoms with van der Waals surface area (Å²) in [4.78, 5) is 4.67. The number of nitrogens with one attached hydrogen (secondary N) is 1. The van der Waals surface area contributed by atoms with E-state index in [1.54, 1.807) is 0 Å². The maximum Gasteiger partial charge on any atom is 0.0194 e. The van der Waals surface area contributed by atoms with Gasteiger partial charge in [0.15, 0.2) is 0 Å². The fourth-order valence-corrected chi connectivity index (χ4v) is 1.92. The molecule has 0 spiro atoms. The van der Waals surface area contributed by atoms with Crippen molar-refractivity contribution >= 4 is 0 Å². The maximum atomic E-state index is 3.58. The molecule has 14 heavy (non-hydrogen) atoms. The van der Waals surface area contributed by atoms with Crippen LogP contribution in [0.5, 0.6) is 0 Å². The second-order valence-electron chi connectivity index (χ2n) is 4.71. The van der Waals surface area contributed by atoms with E-state index in [-0.39, 0.29) is 0 Å². The van der Waals surface area contributed by atoms with Gasteiger partial charge in [-0.25, -0.2) is 0 Å². The van der Waals surface area contributed by atoms with Crippen LogP contribution in [0.1, 0.15) is 19.3 Å². The molecule has 1 aliphatic heterocycles. The number of hydrogen-bond acceptors (Lipinski definition) is 3. The minimum absolute atomic E-state index is 0.732. The largest absolute Gasteiger partial charge is 0.313 e. The molecule has 84 valence electrons. The summed E-state index contributed by atoms with van der Waals surface area (Å²) >= 11 is 0. The van der Waals surface area contributed by atoms with Crippen molar-refractivity contribution in [3.63, 3.8) is 0 Å². The standard InChI is InChI=1S/C11H25N3/c1-13(2)8-9-14(3)10-11-6-4-5-7-12-11/h11-12H,4-10H2,1-3H3. The lowest BCUT2D eigenvalue weighted by atomic mass is 10.0. The van der Waals surface area contributed by atoms with Crippen LogP contribution >= 0.6 is 0 Å². The Morgan fingerprint density at radius 3 is 2.50 bits per heavy atom. The third kappa shape index (κ3) is 4.94. The molecule has 0 radical (unpaired) electrons. The van der Waals surface area contributed by atoms with Crippen molar-refractivity contribution in [1.82, 2.24) is 15.1 Å². The van der Waals surface area contributed by atoms with E-state index in [1.165, 1.54) is 38.9 Å². The van der Waals surface area contributed by atoms with E-state index in [4.69, 9.17) is 0 Å². The lowest BCUT2D eigenvalue weighted by molar-refractivity contribution is 0.239. The number of rotatable bonds is 5. The molecule has 1 heterocycles. The summed E-state index contributed by atoms with van der Waals surface area (Å²) in [7, 11) is 6.49. The number of likely N-dealkylation sites (N-methyl/N-ethyl adjacent to an activating group) is 2. The summed E-state index contributed by atoms with van der Waals surface area (Å²) in [5.74, 6) is 0. The normalized spacial score (nSPS) is 23.4. The Bertz CT molecular complexity index is 141. The number of piperidine rings is 1. The Labute approximate surface area is 88.5 Å². The quantitative estimate of drug-likeness (QED) is 0.700. The lowest BCUT2D eigenvalue weighted by Gasteiger charge is -2.28. The Balaban J connectivity index is 2.09. The van der Waals surface area contributed by atoms with Crippen LogP contribution in [0.15, 0.2) is 0 Å². The molecule has 0 aromatic heterocycles. The van der Waals surface area contributed by atoms with Crippen molar-refractivity contribution in [2.75, 3.05) is 47.3 Å². The minimum Gasteiger partial charge on any atom is -0.313 e. The first kappa shape index (κ1) is 12.0. The first-order valence-electron chi connectivity index (χ1n) is 5.75. The van der Waals surface area contributed by atoms with Gasteiger partial charge < -0.3 is 15.1 Å². The van der Waals surface area contributed by atoms with E-state index in [9.17, 15) is 0 Å². The predicted molar refractivity (Wildman–Crippen MR) is 61.7 cm³/mol. The van der Waals surface area contributed by atoms with Gasteiger partial charge in [-0.1, -0.05) is 6.42 Å². The molecule has 1 aliphatic rings. The molecule has 1 fully saturated rings. The molecule has 0 aromatic rings. The maximum absolute atomic E-state index is 3.58. The fourth-order valence-electron chi connectivity index (χ4n) is 1.92. The van der Waals surface area contributed by atoms with Crippen LogP contribution in [0.25, 0.3) is 0 Å². The summed E-state index contributed by atoms with van der Waals surface area (Å²) in [6.45, 7) is 4.74. The molecule has 1 rings (SSSR count). The topological polar surface area (TPSA) is 18.5 Å². The zero-order chi connectivity index (χ0) is 10.4. The van der Waals surface area contributed by atoms with Crippen LogP contribution in [0.4, 0.5) is 0 Å². The summed E-state index contributed by atoms with van der Waals surface area (Å²) in [6, 6.07) is 0.732. The molecule has 3 heteroatoms. The third-order valence-electron chi connectivity index (χ3n) is 2.87. The van der Waals surface area contributed by atoms with Gasteiger partial charge in [0.1, 0.15) is 0 Å². The van der Waals surface area contributed by atoms with Gasteiger partial charge in [0.25, 0.3) is 0 Å². The van der Waals surface area contributed by atoms with Crippen molar-refractivity contribution in [2.45, 2.75) is 25.3 Å². The van der Waals surface area contributed by atoms with Crippen LogP contribution in [0.2, 0.25) is 0 Å². The molecule has 0 saturated carbocycles. The van der Waals surface area contributed by atoms with E-state index in [1.807, 2.05) is 0 Å². The average molecular weight is 199 g/mol. The highest BCUT2D eigenvalue weighted by molar-refractivity contribution is 4.75. The molecule has 0 amide bonds. The Morgan fingerprint density at radius 2 is 1.93 bits per heavy atom. The average Bonchev–Trinajstić information content (AvgIpc) is 2.16. The molecule has 1 N–H and O–H groups in total. The highest BCUT2D eigenvalue weighted by atomic mass is 15.2. The van der Waals surface area contributed by atoms with E-state index in [0.29, 0.717) is 0 Å². The zero-order valence-electron chi connectivity index (χ0n) is 9.92. The number of nitrogens with zero attached hydrogens (tertiary/aromatic N) is 2. The molecule has 1 atom stereocenters. The summed E-state index contributed by atoms with van der Waals surface area (Å²) < 4.78 is 0. The number of hydrogen-bond donors (Lipinski definition) is 1. The van der Waals surface area contributed by atoms with Gasteiger partial charge in [0.05, 0.1) is 0 Å². The zero-order valence-corrected chi connectivity index (χ0v) is 9.92. The summed E-state index contributed by atoms with van der Waals surface area (Å²) in [5.41, 5.74) is 0. The van der Waals surface area contributed by atoms with Gasteiger partial charge >= 0.3 is 0 Å². The fraction of sp³-hybridized carbons (Fsp3) is 1.00. The Hall–Kier alpha value is -0.120. The highest BCUT2D eigenvalue weighted by Gasteiger charge is 2.13. The van der Waals surface area contributed by atoms with E-state index in [2.05, 4.69) is 36.3 Å². The van der Waals surface area contributed by atoms with Gasteiger partial charge in [-0.2, -0.15) is 0 Å². The van der Waals surface area contributed by atoms with Crippen LogP contribution in [0, 0.1) is 0 Å². The lowest BCUT2D eigenvalue weighted by Crippen LogP contribution is -2.43. The minimum atomic E-state index is 0.732.